The molecule has 0 N–H and O–H groups in total. The summed E-state index contributed by atoms with van der Waals surface area (Å²) in [6.45, 7) is 14.0. The van der Waals surface area contributed by atoms with E-state index in [1.165, 1.54) is 35.1 Å². The van der Waals surface area contributed by atoms with Gasteiger partial charge in [-0.1, -0.05) is 71.9 Å². The van der Waals surface area contributed by atoms with E-state index >= 15 is 0 Å². The molecule has 1 aliphatic carbocycles. The minimum Gasteiger partial charge on any atom is -0.192 e. The maximum absolute atomic E-state index is 9.04. The van der Waals surface area contributed by atoms with Crippen LogP contribution >= 0.6 is 0 Å². The standard InChI is InChI=1S/C24H29N/c1-22(2)13-14-23(3,4)21-15-19(11-12-20(21)22)24(5,6)18-9-7-17(16-25)8-10-18/h7-12,15H,13-14H2,1-6H3. The van der Waals surface area contributed by atoms with E-state index in [0.29, 0.717) is 5.56 Å². The Morgan fingerprint density at radius 1 is 0.800 bits per heavy atom. The predicted molar refractivity (Wildman–Crippen MR) is 105 cm³/mol. The summed E-state index contributed by atoms with van der Waals surface area (Å²) in [6, 6.07) is 17.3. The molecule has 2 aromatic rings. The van der Waals surface area contributed by atoms with Gasteiger partial charge in [0, 0.05) is 5.41 Å². The van der Waals surface area contributed by atoms with Crippen LogP contribution in [0.3, 0.4) is 0 Å². The molecule has 1 heteroatoms. The summed E-state index contributed by atoms with van der Waals surface area (Å²) in [5.74, 6) is 0. The molecule has 0 saturated heterocycles. The van der Waals surface area contributed by atoms with Gasteiger partial charge in [-0.3, -0.25) is 0 Å². The van der Waals surface area contributed by atoms with Crippen LogP contribution in [-0.4, -0.2) is 0 Å². The Balaban J connectivity index is 2.10. The van der Waals surface area contributed by atoms with Crippen LogP contribution in [0.15, 0.2) is 42.5 Å². The lowest BCUT2D eigenvalue weighted by molar-refractivity contribution is 0.331. The first-order chi connectivity index (χ1) is 11.6. The maximum Gasteiger partial charge on any atom is 0.0991 e. The van der Waals surface area contributed by atoms with Crippen LogP contribution in [-0.2, 0) is 16.2 Å². The van der Waals surface area contributed by atoms with Crippen LogP contribution in [0, 0.1) is 11.3 Å². The van der Waals surface area contributed by atoms with Crippen molar-refractivity contribution in [2.75, 3.05) is 0 Å². The number of nitrogens with zero attached hydrogens (tertiary/aromatic N) is 1. The Morgan fingerprint density at radius 3 is 1.88 bits per heavy atom. The molecule has 3 rings (SSSR count). The average molecular weight is 332 g/mol. The molecular weight excluding hydrogens is 302 g/mol. The Kier molecular flexibility index (Phi) is 4.07. The van der Waals surface area contributed by atoms with Gasteiger partial charge in [-0.15, -0.1) is 0 Å². The summed E-state index contributed by atoms with van der Waals surface area (Å²) in [5, 5.41) is 9.04. The van der Waals surface area contributed by atoms with Crippen LogP contribution in [0.5, 0.6) is 0 Å². The van der Waals surface area contributed by atoms with Gasteiger partial charge < -0.3 is 0 Å². The summed E-state index contributed by atoms with van der Waals surface area (Å²) in [6.07, 6.45) is 2.47. The van der Waals surface area contributed by atoms with Crippen molar-refractivity contribution in [3.8, 4) is 6.07 Å². The zero-order valence-electron chi connectivity index (χ0n) is 16.4. The number of fused-ring (bicyclic) bond motifs is 1. The molecule has 130 valence electrons. The van der Waals surface area contributed by atoms with Crippen molar-refractivity contribution in [1.29, 1.82) is 5.26 Å². The molecule has 2 aromatic carbocycles. The van der Waals surface area contributed by atoms with Crippen molar-refractivity contribution >= 4 is 0 Å². The third kappa shape index (κ3) is 2.99. The quantitative estimate of drug-likeness (QED) is 0.639. The Hall–Kier alpha value is -2.07. The molecule has 1 nitrogen and oxygen atoms in total. The Morgan fingerprint density at radius 2 is 1.32 bits per heavy atom. The normalized spacial score (nSPS) is 18.3. The van der Waals surface area contributed by atoms with Crippen molar-refractivity contribution in [3.05, 3.63) is 70.3 Å². The van der Waals surface area contributed by atoms with Gasteiger partial charge in [0.15, 0.2) is 0 Å². The van der Waals surface area contributed by atoms with Crippen molar-refractivity contribution < 1.29 is 0 Å². The highest BCUT2D eigenvalue weighted by atomic mass is 14.4. The molecule has 0 fully saturated rings. The Bertz CT molecular complexity index is 829. The highest BCUT2D eigenvalue weighted by molar-refractivity contribution is 5.48. The number of hydrogen-bond donors (Lipinski definition) is 0. The lowest BCUT2D eigenvalue weighted by Crippen LogP contribution is -2.34. The molecule has 0 atom stereocenters. The molecule has 0 bridgehead atoms. The summed E-state index contributed by atoms with van der Waals surface area (Å²) in [7, 11) is 0. The summed E-state index contributed by atoms with van der Waals surface area (Å²) in [4.78, 5) is 0. The zero-order chi connectivity index (χ0) is 18.5. The molecule has 0 unspecified atom stereocenters. The highest BCUT2D eigenvalue weighted by Gasteiger charge is 2.38. The molecule has 0 aliphatic heterocycles. The molecule has 0 heterocycles. The van der Waals surface area contributed by atoms with E-state index in [1.54, 1.807) is 0 Å². The van der Waals surface area contributed by atoms with E-state index in [-0.39, 0.29) is 16.2 Å². The second-order valence-corrected chi connectivity index (χ2v) is 9.34. The minimum absolute atomic E-state index is 0.0827. The molecule has 0 aromatic heterocycles. The first-order valence-corrected chi connectivity index (χ1v) is 9.24. The number of benzene rings is 2. The van der Waals surface area contributed by atoms with E-state index in [2.05, 4.69) is 77.9 Å². The second-order valence-electron chi connectivity index (χ2n) is 9.34. The summed E-state index contributed by atoms with van der Waals surface area (Å²) in [5.41, 5.74) is 6.71. The minimum atomic E-state index is -0.0827. The van der Waals surface area contributed by atoms with Crippen LogP contribution in [0.2, 0.25) is 0 Å². The van der Waals surface area contributed by atoms with Crippen LogP contribution in [0.25, 0.3) is 0 Å². The van der Waals surface area contributed by atoms with Gasteiger partial charge in [0.1, 0.15) is 0 Å². The number of hydrogen-bond acceptors (Lipinski definition) is 1. The lowest BCUT2D eigenvalue weighted by atomic mass is 9.62. The summed E-state index contributed by atoms with van der Waals surface area (Å²) < 4.78 is 0. The molecule has 0 radical (unpaired) electrons. The SMILES string of the molecule is CC1(C)CCC(C)(C)c2cc(C(C)(C)c3ccc(C#N)cc3)ccc21. The van der Waals surface area contributed by atoms with Crippen molar-refractivity contribution in [1.82, 2.24) is 0 Å². The predicted octanol–water partition coefficient (Wildman–Crippen LogP) is 6.23. The molecular formula is C24H29N. The number of nitriles is 1. The van der Waals surface area contributed by atoms with Gasteiger partial charge in [-0.2, -0.15) is 5.26 Å². The molecule has 1 aliphatic rings. The summed E-state index contributed by atoms with van der Waals surface area (Å²) >= 11 is 0. The van der Waals surface area contributed by atoms with Crippen molar-refractivity contribution in [2.45, 2.75) is 70.6 Å². The van der Waals surface area contributed by atoms with Gasteiger partial charge in [-0.05, 0) is 58.1 Å². The van der Waals surface area contributed by atoms with Crippen LogP contribution in [0.4, 0.5) is 0 Å². The highest BCUT2D eigenvalue weighted by Crippen LogP contribution is 2.47. The van der Waals surface area contributed by atoms with Crippen LogP contribution in [0.1, 0.15) is 82.2 Å². The van der Waals surface area contributed by atoms with Gasteiger partial charge in [-0.25, -0.2) is 0 Å². The third-order valence-corrected chi connectivity index (χ3v) is 6.31. The zero-order valence-corrected chi connectivity index (χ0v) is 16.4. The van der Waals surface area contributed by atoms with Gasteiger partial charge in [0.2, 0.25) is 0 Å². The van der Waals surface area contributed by atoms with E-state index in [9.17, 15) is 0 Å². The topological polar surface area (TPSA) is 23.8 Å². The fourth-order valence-electron chi connectivity index (χ4n) is 4.11. The van der Waals surface area contributed by atoms with Crippen LogP contribution < -0.4 is 0 Å². The smallest absolute Gasteiger partial charge is 0.0991 e. The first-order valence-electron chi connectivity index (χ1n) is 9.24. The number of rotatable bonds is 2. The van der Waals surface area contributed by atoms with Crippen molar-refractivity contribution in [3.63, 3.8) is 0 Å². The fraction of sp³-hybridized carbons (Fsp3) is 0.458. The average Bonchev–Trinajstić information content (AvgIpc) is 2.59. The van der Waals surface area contributed by atoms with Gasteiger partial charge >= 0.3 is 0 Å². The molecule has 25 heavy (non-hydrogen) atoms. The molecule has 0 saturated carbocycles. The first kappa shape index (κ1) is 17.7. The van der Waals surface area contributed by atoms with E-state index in [4.69, 9.17) is 5.26 Å². The maximum atomic E-state index is 9.04. The van der Waals surface area contributed by atoms with E-state index in [1.807, 2.05) is 12.1 Å². The van der Waals surface area contributed by atoms with E-state index < -0.39 is 0 Å². The van der Waals surface area contributed by atoms with Crippen molar-refractivity contribution in [2.24, 2.45) is 0 Å². The third-order valence-electron chi connectivity index (χ3n) is 6.31. The molecule has 0 amide bonds. The lowest BCUT2D eigenvalue weighted by Gasteiger charge is -2.43. The second kappa shape index (κ2) is 5.73. The van der Waals surface area contributed by atoms with Gasteiger partial charge in [0.05, 0.1) is 11.6 Å². The monoisotopic (exact) mass is 331 g/mol. The molecule has 0 spiro atoms. The fourth-order valence-corrected chi connectivity index (χ4v) is 4.11. The Labute approximate surface area is 152 Å². The largest absolute Gasteiger partial charge is 0.192 e. The van der Waals surface area contributed by atoms with E-state index in [0.717, 1.165) is 0 Å². The van der Waals surface area contributed by atoms with Gasteiger partial charge in [0.25, 0.3) is 0 Å².